The van der Waals surface area contributed by atoms with E-state index in [0.29, 0.717) is 6.42 Å². The Bertz CT molecular complexity index is 1090. The van der Waals surface area contributed by atoms with E-state index < -0.39 is 5.97 Å². The lowest BCUT2D eigenvalue weighted by Crippen LogP contribution is -1.93. The van der Waals surface area contributed by atoms with Crippen molar-refractivity contribution in [3.8, 4) is 22.5 Å². The number of nitrogens with zero attached hydrogens (tertiary/aromatic N) is 2. The molecule has 40 heavy (non-hydrogen) atoms. The van der Waals surface area contributed by atoms with Crippen LogP contribution in [0.25, 0.3) is 22.5 Å². The van der Waals surface area contributed by atoms with Gasteiger partial charge in [-0.1, -0.05) is 127 Å². The maximum Gasteiger partial charge on any atom is 0.303 e. The van der Waals surface area contributed by atoms with Gasteiger partial charge in [0.2, 0.25) is 0 Å². The molecule has 4 rings (SSSR count). The third-order valence-corrected chi connectivity index (χ3v) is 7.98. The first-order valence-corrected chi connectivity index (χ1v) is 15.8. The smallest absolute Gasteiger partial charge is 0.303 e. The molecule has 0 atom stereocenters. The average Bonchev–Trinajstić information content (AvgIpc) is 3.53. The fraction of sp³-hybridized carbons (Fsp3) is 0.528. The highest BCUT2D eigenvalue weighted by Crippen LogP contribution is 2.35. The Kier molecular flexibility index (Phi) is 14.5. The molecule has 1 fully saturated rings. The van der Waals surface area contributed by atoms with E-state index in [1.54, 1.807) is 0 Å². The second kappa shape index (κ2) is 18.4. The predicted octanol–water partition coefficient (Wildman–Crippen LogP) is 10.4. The van der Waals surface area contributed by atoms with Crippen molar-refractivity contribution in [3.63, 3.8) is 0 Å². The minimum Gasteiger partial charge on any atom is -0.481 e. The van der Waals surface area contributed by atoms with Gasteiger partial charge in [0.25, 0.3) is 0 Å². The van der Waals surface area contributed by atoms with Gasteiger partial charge in [-0.15, -0.1) is 0 Å². The molecule has 0 unspecified atom stereocenters. The zero-order valence-electron chi connectivity index (χ0n) is 24.9. The summed E-state index contributed by atoms with van der Waals surface area (Å²) in [6, 6.07) is 17.8. The Hall–Kier alpha value is -3.01. The van der Waals surface area contributed by atoms with Crippen molar-refractivity contribution in [3.05, 3.63) is 72.1 Å². The van der Waals surface area contributed by atoms with Crippen molar-refractivity contribution in [1.82, 2.24) is 9.97 Å². The molecule has 4 heteroatoms. The molecule has 2 aromatic carbocycles. The molecule has 0 spiro atoms. The van der Waals surface area contributed by atoms with Crippen molar-refractivity contribution in [2.24, 2.45) is 0 Å². The number of aliphatic carboxylic acids is 1. The Labute approximate surface area is 242 Å². The number of carbonyl (C=O) groups is 1. The van der Waals surface area contributed by atoms with Gasteiger partial charge in [-0.05, 0) is 60.3 Å². The minimum absolute atomic E-state index is 0.341. The topological polar surface area (TPSA) is 63.1 Å². The van der Waals surface area contributed by atoms with Crippen molar-refractivity contribution < 1.29 is 9.90 Å². The van der Waals surface area contributed by atoms with Crippen LogP contribution >= 0.6 is 0 Å². The van der Waals surface area contributed by atoms with Crippen LogP contribution in [0.2, 0.25) is 0 Å². The third kappa shape index (κ3) is 11.2. The summed E-state index contributed by atoms with van der Waals surface area (Å²) in [6.45, 7) is 4.43. The summed E-state index contributed by atoms with van der Waals surface area (Å²) >= 11 is 0. The first-order valence-electron chi connectivity index (χ1n) is 15.8. The van der Waals surface area contributed by atoms with Gasteiger partial charge < -0.3 is 5.11 Å². The molecule has 1 aromatic heterocycles. The van der Waals surface area contributed by atoms with Crippen molar-refractivity contribution in [1.29, 1.82) is 0 Å². The van der Waals surface area contributed by atoms with Gasteiger partial charge in [0, 0.05) is 24.4 Å². The number of carboxylic acid groups (broad SMARTS) is 1. The number of benzene rings is 2. The summed E-state index contributed by atoms with van der Waals surface area (Å²) in [5.74, 6) is 0.921. The van der Waals surface area contributed by atoms with E-state index in [4.69, 9.17) is 5.11 Å². The average molecular weight is 543 g/mol. The highest BCUT2D eigenvalue weighted by atomic mass is 16.4. The van der Waals surface area contributed by atoms with E-state index in [2.05, 4.69) is 72.3 Å². The number of aromatic nitrogens is 2. The van der Waals surface area contributed by atoms with E-state index >= 15 is 0 Å². The molecule has 4 nitrogen and oxygen atoms in total. The standard InChI is InChI=1S/C26H30N2.C10H20O2/c1-2-3-4-7-20-18-27-26(28-19-20)25-16-14-24(15-17-25)23-12-10-22(11-13-23)21-8-5-6-9-21;1-2-3-4-5-6-7-8-9-10(11)12/h10-19,21H,2-9H2,1H3;2-9H2,1H3,(H,11,12). The minimum atomic E-state index is -0.663. The fourth-order valence-electron chi connectivity index (χ4n) is 5.46. The van der Waals surface area contributed by atoms with Gasteiger partial charge in [-0.25, -0.2) is 9.97 Å². The molecule has 1 saturated carbocycles. The van der Waals surface area contributed by atoms with Gasteiger partial charge in [-0.2, -0.15) is 0 Å². The number of unbranched alkanes of at least 4 members (excludes halogenated alkanes) is 8. The summed E-state index contributed by atoms with van der Waals surface area (Å²) in [4.78, 5) is 19.3. The van der Waals surface area contributed by atoms with E-state index in [1.807, 2.05) is 12.4 Å². The van der Waals surface area contributed by atoms with Crippen molar-refractivity contribution in [2.45, 2.75) is 122 Å². The van der Waals surface area contributed by atoms with Crippen LogP contribution in [0.1, 0.15) is 127 Å². The fourth-order valence-corrected chi connectivity index (χ4v) is 5.46. The van der Waals surface area contributed by atoms with Gasteiger partial charge in [0.05, 0.1) is 0 Å². The molecule has 1 aliphatic carbocycles. The van der Waals surface area contributed by atoms with Gasteiger partial charge in [0.15, 0.2) is 5.82 Å². The lowest BCUT2D eigenvalue weighted by molar-refractivity contribution is -0.137. The molecule has 216 valence electrons. The summed E-state index contributed by atoms with van der Waals surface area (Å²) < 4.78 is 0. The van der Waals surface area contributed by atoms with Crippen molar-refractivity contribution in [2.75, 3.05) is 0 Å². The Balaban J connectivity index is 0.000000312. The zero-order chi connectivity index (χ0) is 28.4. The number of hydrogen-bond acceptors (Lipinski definition) is 3. The summed E-state index contributed by atoms with van der Waals surface area (Å²) in [7, 11) is 0. The highest BCUT2D eigenvalue weighted by Gasteiger charge is 2.16. The third-order valence-electron chi connectivity index (χ3n) is 7.98. The second-order valence-electron chi connectivity index (χ2n) is 11.3. The molecule has 1 N–H and O–H groups in total. The second-order valence-corrected chi connectivity index (χ2v) is 11.3. The normalized spacial score (nSPS) is 13.2. The van der Waals surface area contributed by atoms with Gasteiger partial charge in [-0.3, -0.25) is 4.79 Å². The van der Waals surface area contributed by atoms with Crippen LogP contribution in [0.3, 0.4) is 0 Å². The van der Waals surface area contributed by atoms with Crippen LogP contribution in [0.4, 0.5) is 0 Å². The lowest BCUT2D eigenvalue weighted by atomic mass is 9.95. The molecule has 0 saturated heterocycles. The first-order chi connectivity index (χ1) is 19.6. The van der Waals surface area contributed by atoms with E-state index in [1.165, 1.54) is 99.3 Å². The van der Waals surface area contributed by atoms with E-state index in [0.717, 1.165) is 36.6 Å². The highest BCUT2D eigenvalue weighted by molar-refractivity contribution is 5.68. The van der Waals surface area contributed by atoms with Crippen LogP contribution in [0.5, 0.6) is 0 Å². The Morgan fingerprint density at radius 2 is 1.20 bits per heavy atom. The molecular formula is C36H50N2O2. The molecule has 0 radical (unpaired) electrons. The monoisotopic (exact) mass is 542 g/mol. The predicted molar refractivity (Wildman–Crippen MR) is 168 cm³/mol. The molecule has 3 aromatic rings. The quantitative estimate of drug-likeness (QED) is 0.194. The molecule has 0 amide bonds. The maximum absolute atomic E-state index is 10.1. The number of aryl methyl sites for hydroxylation is 1. The van der Waals surface area contributed by atoms with Gasteiger partial charge in [0.1, 0.15) is 0 Å². The summed E-state index contributed by atoms with van der Waals surface area (Å²) in [6.07, 6.45) is 22.9. The number of hydrogen-bond donors (Lipinski definition) is 1. The lowest BCUT2D eigenvalue weighted by Gasteiger charge is -2.10. The van der Waals surface area contributed by atoms with E-state index in [-0.39, 0.29) is 0 Å². The Morgan fingerprint density at radius 3 is 1.77 bits per heavy atom. The molecule has 1 aliphatic rings. The maximum atomic E-state index is 10.1. The first kappa shape index (κ1) is 31.5. The SMILES string of the molecule is CCCCCCCCCC(=O)O.CCCCCc1cnc(-c2ccc(-c3ccc(C4CCCC4)cc3)cc2)nc1. The Morgan fingerprint density at radius 1 is 0.700 bits per heavy atom. The number of rotatable bonds is 15. The molecule has 0 aliphatic heterocycles. The molecular weight excluding hydrogens is 492 g/mol. The van der Waals surface area contributed by atoms with Crippen molar-refractivity contribution >= 4 is 5.97 Å². The van der Waals surface area contributed by atoms with Crippen LogP contribution in [-0.2, 0) is 11.2 Å². The van der Waals surface area contributed by atoms with Crippen LogP contribution in [0.15, 0.2) is 60.9 Å². The summed E-state index contributed by atoms with van der Waals surface area (Å²) in [5, 5.41) is 8.35. The van der Waals surface area contributed by atoms with Gasteiger partial charge >= 0.3 is 5.97 Å². The van der Waals surface area contributed by atoms with Crippen LogP contribution in [-0.4, -0.2) is 21.0 Å². The number of carboxylic acids is 1. The van der Waals surface area contributed by atoms with E-state index in [9.17, 15) is 4.79 Å². The van der Waals surface area contributed by atoms with Crippen LogP contribution in [0, 0.1) is 0 Å². The zero-order valence-corrected chi connectivity index (χ0v) is 24.9. The van der Waals surface area contributed by atoms with Crippen LogP contribution < -0.4 is 0 Å². The largest absolute Gasteiger partial charge is 0.481 e. The summed E-state index contributed by atoms with van der Waals surface area (Å²) in [5.41, 5.74) is 6.34. The molecule has 1 heterocycles. The molecule has 0 bridgehead atoms.